The predicted octanol–water partition coefficient (Wildman–Crippen LogP) is 0.273. The lowest BCUT2D eigenvalue weighted by molar-refractivity contribution is 0.0199. The molecule has 0 bridgehead atoms. The number of carboxylic acids is 1. The summed E-state index contributed by atoms with van der Waals surface area (Å²) in [4.78, 5) is 12.6. The maximum absolute atomic E-state index is 11.7. The van der Waals surface area contributed by atoms with Gasteiger partial charge < -0.3 is 14.8 Å². The van der Waals surface area contributed by atoms with Gasteiger partial charge in [0.15, 0.2) is 0 Å². The van der Waals surface area contributed by atoms with Crippen molar-refractivity contribution in [3.63, 3.8) is 0 Å². The number of sulfonamides is 1. The second-order valence-corrected chi connectivity index (χ2v) is 5.18. The summed E-state index contributed by atoms with van der Waals surface area (Å²) in [6.45, 7) is -1.17. The lowest BCUT2D eigenvalue weighted by atomic mass is 10.4. The summed E-state index contributed by atoms with van der Waals surface area (Å²) in [5, 5.41) is 8.62. The molecule has 0 unspecified atom stereocenters. The number of aromatic amines is 1. The highest BCUT2D eigenvalue weighted by molar-refractivity contribution is 7.89. The monoisotopic (exact) mass is 298 g/mol. The number of aromatic nitrogens is 1. The van der Waals surface area contributed by atoms with Crippen LogP contribution < -0.4 is 4.72 Å². The minimum atomic E-state index is -3.89. The molecule has 108 valence electrons. The number of carboxylic acid groups (broad SMARTS) is 1. The SMILES string of the molecule is O=C(O)c1cc(S(=O)(=O)NCCOCC(F)F)c[nH]1. The van der Waals surface area contributed by atoms with Crippen molar-refractivity contribution in [1.82, 2.24) is 9.71 Å². The van der Waals surface area contributed by atoms with E-state index in [1.54, 1.807) is 0 Å². The van der Waals surface area contributed by atoms with E-state index in [2.05, 4.69) is 14.4 Å². The summed E-state index contributed by atoms with van der Waals surface area (Å²) in [6, 6.07) is 0.949. The van der Waals surface area contributed by atoms with E-state index in [1.165, 1.54) is 0 Å². The molecule has 10 heteroatoms. The molecule has 0 spiro atoms. The van der Waals surface area contributed by atoms with Crippen molar-refractivity contribution in [1.29, 1.82) is 0 Å². The average Bonchev–Trinajstić information content (AvgIpc) is 2.77. The molecule has 19 heavy (non-hydrogen) atoms. The van der Waals surface area contributed by atoms with Gasteiger partial charge in [0.2, 0.25) is 10.0 Å². The van der Waals surface area contributed by atoms with Crippen LogP contribution in [0.4, 0.5) is 8.78 Å². The molecule has 1 aromatic heterocycles. The van der Waals surface area contributed by atoms with Gasteiger partial charge in [-0.1, -0.05) is 0 Å². The van der Waals surface area contributed by atoms with Crippen LogP contribution >= 0.6 is 0 Å². The van der Waals surface area contributed by atoms with Gasteiger partial charge in [0.1, 0.15) is 17.2 Å². The smallest absolute Gasteiger partial charge is 0.352 e. The van der Waals surface area contributed by atoms with Crippen LogP contribution in [0.1, 0.15) is 10.5 Å². The molecule has 0 fully saturated rings. The Morgan fingerprint density at radius 2 is 2.21 bits per heavy atom. The van der Waals surface area contributed by atoms with Crippen LogP contribution in [0.25, 0.3) is 0 Å². The molecule has 0 aliphatic rings. The van der Waals surface area contributed by atoms with Crippen molar-refractivity contribution in [3.05, 3.63) is 18.0 Å². The first-order valence-corrected chi connectivity index (χ1v) is 6.58. The Labute approximate surface area is 107 Å². The maximum Gasteiger partial charge on any atom is 0.352 e. The molecule has 0 amide bonds. The van der Waals surface area contributed by atoms with E-state index >= 15 is 0 Å². The van der Waals surface area contributed by atoms with Gasteiger partial charge >= 0.3 is 5.97 Å². The Balaban J connectivity index is 2.49. The molecule has 3 N–H and O–H groups in total. The van der Waals surface area contributed by atoms with Gasteiger partial charge in [-0.2, -0.15) is 0 Å². The minimum Gasteiger partial charge on any atom is -0.477 e. The first-order valence-electron chi connectivity index (χ1n) is 5.10. The van der Waals surface area contributed by atoms with E-state index in [4.69, 9.17) is 5.11 Å². The van der Waals surface area contributed by atoms with E-state index in [0.29, 0.717) is 0 Å². The maximum atomic E-state index is 11.7. The van der Waals surface area contributed by atoms with E-state index in [9.17, 15) is 22.0 Å². The molecule has 0 aliphatic heterocycles. The standard InChI is InChI=1S/C9H12F2N2O5S/c10-8(11)5-18-2-1-13-19(16,17)6-3-7(9(14)15)12-4-6/h3-4,8,12-13H,1-2,5H2,(H,14,15). The lowest BCUT2D eigenvalue weighted by Crippen LogP contribution is -2.27. The first kappa shape index (κ1) is 15.5. The van der Waals surface area contributed by atoms with Crippen LogP contribution in [0.15, 0.2) is 17.2 Å². The zero-order chi connectivity index (χ0) is 14.5. The van der Waals surface area contributed by atoms with Crippen LogP contribution in [0.5, 0.6) is 0 Å². The highest BCUT2D eigenvalue weighted by Crippen LogP contribution is 2.10. The van der Waals surface area contributed by atoms with Crippen molar-refractivity contribution < 1.29 is 31.8 Å². The van der Waals surface area contributed by atoms with Crippen LogP contribution in [0.3, 0.4) is 0 Å². The second-order valence-electron chi connectivity index (χ2n) is 3.42. The summed E-state index contributed by atoms with van der Waals surface area (Å²) in [6.07, 6.45) is -1.59. The van der Waals surface area contributed by atoms with Gasteiger partial charge in [0.25, 0.3) is 6.43 Å². The Hall–Kier alpha value is -1.52. The highest BCUT2D eigenvalue weighted by atomic mass is 32.2. The molecule has 1 heterocycles. The van der Waals surface area contributed by atoms with E-state index in [0.717, 1.165) is 12.3 Å². The van der Waals surface area contributed by atoms with Gasteiger partial charge in [-0.15, -0.1) is 0 Å². The predicted molar refractivity (Wildman–Crippen MR) is 59.8 cm³/mol. The summed E-state index contributed by atoms with van der Waals surface area (Å²) < 4.78 is 53.3. The quantitative estimate of drug-likeness (QED) is 0.597. The Kier molecular flexibility index (Phi) is 5.39. The third kappa shape index (κ3) is 4.93. The molecule has 0 atom stereocenters. The number of ether oxygens (including phenoxy) is 1. The number of hydrogen-bond donors (Lipinski definition) is 3. The number of rotatable bonds is 8. The number of nitrogens with one attached hydrogen (secondary N) is 2. The average molecular weight is 298 g/mol. The summed E-state index contributed by atoms with van der Waals surface area (Å²) >= 11 is 0. The number of aromatic carboxylic acids is 1. The zero-order valence-electron chi connectivity index (χ0n) is 9.60. The fourth-order valence-electron chi connectivity index (χ4n) is 1.16. The molecule has 0 saturated carbocycles. The van der Waals surface area contributed by atoms with E-state index < -0.39 is 29.0 Å². The summed E-state index contributed by atoms with van der Waals surface area (Å²) in [5.41, 5.74) is -0.269. The zero-order valence-corrected chi connectivity index (χ0v) is 10.4. The lowest BCUT2D eigenvalue weighted by Gasteiger charge is -2.05. The third-order valence-corrected chi connectivity index (χ3v) is 3.42. The second kappa shape index (κ2) is 6.59. The van der Waals surface area contributed by atoms with Crippen molar-refractivity contribution in [2.24, 2.45) is 0 Å². The number of H-pyrrole nitrogens is 1. The molecule has 7 nitrogen and oxygen atoms in total. The molecule has 0 aromatic carbocycles. The molecule has 1 aromatic rings. The normalized spacial score (nSPS) is 11.9. The number of hydrogen-bond acceptors (Lipinski definition) is 4. The number of carbonyl (C=O) groups is 1. The van der Waals surface area contributed by atoms with Crippen molar-refractivity contribution in [2.45, 2.75) is 11.3 Å². The van der Waals surface area contributed by atoms with Gasteiger partial charge in [0, 0.05) is 12.7 Å². The van der Waals surface area contributed by atoms with Crippen molar-refractivity contribution >= 4 is 16.0 Å². The molecule has 0 saturated heterocycles. The molecular formula is C9H12F2N2O5S. The van der Waals surface area contributed by atoms with Gasteiger partial charge in [-0.25, -0.2) is 26.7 Å². The molecule has 0 aliphatic carbocycles. The highest BCUT2D eigenvalue weighted by Gasteiger charge is 2.17. The van der Waals surface area contributed by atoms with Crippen LogP contribution in [0.2, 0.25) is 0 Å². The third-order valence-electron chi connectivity index (χ3n) is 1.98. The Morgan fingerprint density at radius 1 is 1.53 bits per heavy atom. The van der Waals surface area contributed by atoms with Gasteiger partial charge in [0.05, 0.1) is 6.61 Å². The first-order chi connectivity index (χ1) is 8.83. The fraction of sp³-hybridized carbons (Fsp3) is 0.444. The van der Waals surface area contributed by atoms with E-state index in [1.807, 2.05) is 0 Å². The molecule has 1 rings (SSSR count). The van der Waals surface area contributed by atoms with Crippen molar-refractivity contribution in [3.8, 4) is 0 Å². The molecule has 0 radical (unpaired) electrons. The largest absolute Gasteiger partial charge is 0.477 e. The van der Waals surface area contributed by atoms with Gasteiger partial charge in [-0.3, -0.25) is 0 Å². The van der Waals surface area contributed by atoms with Gasteiger partial charge in [-0.05, 0) is 6.07 Å². The summed E-state index contributed by atoms with van der Waals surface area (Å²) in [5.74, 6) is -1.29. The van der Waals surface area contributed by atoms with Crippen LogP contribution in [0, 0.1) is 0 Å². The van der Waals surface area contributed by atoms with E-state index in [-0.39, 0.29) is 23.7 Å². The summed E-state index contributed by atoms with van der Waals surface area (Å²) in [7, 11) is -3.89. The topological polar surface area (TPSA) is 108 Å². The van der Waals surface area contributed by atoms with Crippen LogP contribution in [-0.4, -0.2) is 50.7 Å². The Morgan fingerprint density at radius 3 is 2.74 bits per heavy atom. The molecular weight excluding hydrogens is 286 g/mol. The number of halogens is 2. The van der Waals surface area contributed by atoms with Crippen molar-refractivity contribution in [2.75, 3.05) is 19.8 Å². The minimum absolute atomic E-state index is 0.192. The number of alkyl halides is 2. The Bertz CT molecular complexity index is 528. The fourth-order valence-corrected chi connectivity index (χ4v) is 2.16. The van der Waals surface area contributed by atoms with Crippen LogP contribution in [-0.2, 0) is 14.8 Å².